The average Bonchev–Trinajstić information content (AvgIpc) is 3.32. The van der Waals surface area contributed by atoms with E-state index >= 15 is 0 Å². The molecule has 11 heteroatoms. The minimum atomic E-state index is -4.46. The van der Waals surface area contributed by atoms with Crippen LogP contribution in [0.1, 0.15) is 31.4 Å². The molecule has 0 N–H and O–H groups in total. The predicted octanol–water partition coefficient (Wildman–Crippen LogP) is 7.71. The van der Waals surface area contributed by atoms with Gasteiger partial charge in [-0.3, -0.25) is 4.57 Å². The Balaban J connectivity index is 1.71. The molecule has 5 rings (SSSR count). The maximum atomic E-state index is 13.6. The van der Waals surface area contributed by atoms with E-state index in [4.69, 9.17) is 44.2 Å². The molecule has 0 aliphatic heterocycles. The van der Waals surface area contributed by atoms with Crippen molar-refractivity contribution in [2.45, 2.75) is 37.8 Å². The number of halogens is 6. The summed E-state index contributed by atoms with van der Waals surface area (Å²) in [6.07, 6.45) is -4.15. The Morgan fingerprint density at radius 1 is 1.00 bits per heavy atom. The van der Waals surface area contributed by atoms with E-state index in [0.29, 0.717) is 38.6 Å². The first-order chi connectivity index (χ1) is 16.1. The quantitative estimate of drug-likeness (QED) is 0.267. The van der Waals surface area contributed by atoms with Crippen LogP contribution in [0.2, 0.25) is 15.1 Å². The smallest absolute Gasteiger partial charge is 0.403 e. The topological polar surface area (TPSA) is 56.7 Å². The lowest BCUT2D eigenvalue weighted by atomic mass is 10.1. The number of rotatable bonds is 5. The van der Waals surface area contributed by atoms with Gasteiger partial charge in [-0.2, -0.15) is 13.2 Å². The summed E-state index contributed by atoms with van der Waals surface area (Å²) in [4.78, 5) is 4.71. The third-order valence-electron chi connectivity index (χ3n) is 5.89. The molecule has 5 nitrogen and oxygen atoms in total. The summed E-state index contributed by atoms with van der Waals surface area (Å²) in [6, 6.07) is 12.1. The molecule has 176 valence electrons. The summed E-state index contributed by atoms with van der Waals surface area (Å²) < 4.78 is 48.2. The van der Waals surface area contributed by atoms with E-state index in [2.05, 4.69) is 10.2 Å². The van der Waals surface area contributed by atoms with Gasteiger partial charge in [-0.15, -0.1) is 10.2 Å². The molecule has 1 aliphatic rings. The lowest BCUT2D eigenvalue weighted by Gasteiger charge is -2.14. The molecule has 0 unspecified atom stereocenters. The minimum absolute atomic E-state index is 0.0797. The molecular weight excluding hydrogens is 512 g/mol. The van der Waals surface area contributed by atoms with Crippen LogP contribution < -0.4 is 0 Å². The van der Waals surface area contributed by atoms with Crippen molar-refractivity contribution < 1.29 is 17.6 Å². The van der Waals surface area contributed by atoms with Crippen molar-refractivity contribution in [2.24, 2.45) is 0 Å². The molecule has 0 bridgehead atoms. The first kappa shape index (κ1) is 23.2. The van der Waals surface area contributed by atoms with Crippen LogP contribution in [0.4, 0.5) is 13.2 Å². The van der Waals surface area contributed by atoms with E-state index in [-0.39, 0.29) is 24.4 Å². The van der Waals surface area contributed by atoms with Crippen LogP contribution in [0.3, 0.4) is 0 Å². The van der Waals surface area contributed by atoms with Crippen LogP contribution in [0, 0.1) is 0 Å². The first-order valence-corrected chi connectivity index (χ1v) is 11.5. The van der Waals surface area contributed by atoms with Crippen molar-refractivity contribution in [3.05, 3.63) is 69.1 Å². The molecule has 0 amide bonds. The fourth-order valence-corrected chi connectivity index (χ4v) is 4.55. The summed E-state index contributed by atoms with van der Waals surface area (Å²) in [5, 5.41) is 9.06. The predicted molar refractivity (Wildman–Crippen MR) is 124 cm³/mol. The highest BCUT2D eigenvalue weighted by molar-refractivity contribution is 6.36. The van der Waals surface area contributed by atoms with Crippen molar-refractivity contribution in [1.29, 1.82) is 0 Å². The van der Waals surface area contributed by atoms with Gasteiger partial charge >= 0.3 is 6.18 Å². The molecule has 2 heterocycles. The summed E-state index contributed by atoms with van der Waals surface area (Å²) in [5.74, 6) is -0.0712. The maximum absolute atomic E-state index is 13.6. The fourth-order valence-electron chi connectivity index (χ4n) is 3.93. The summed E-state index contributed by atoms with van der Waals surface area (Å²) in [5.41, 5.74) is 0.182. The van der Waals surface area contributed by atoms with Crippen LogP contribution >= 0.6 is 34.8 Å². The van der Waals surface area contributed by atoms with Crippen molar-refractivity contribution in [3.63, 3.8) is 0 Å². The number of nitrogens with zero attached hydrogens (tertiary/aromatic N) is 4. The van der Waals surface area contributed by atoms with E-state index in [9.17, 15) is 13.2 Å². The van der Waals surface area contributed by atoms with E-state index in [1.807, 2.05) is 23.6 Å². The lowest BCUT2D eigenvalue weighted by Crippen LogP contribution is -2.28. The molecule has 0 radical (unpaired) electrons. The zero-order chi connectivity index (χ0) is 24.3. The monoisotopic (exact) mass is 526 g/mol. The molecule has 0 atom stereocenters. The highest BCUT2D eigenvalue weighted by Crippen LogP contribution is 2.58. The van der Waals surface area contributed by atoms with Gasteiger partial charge in [-0.05, 0) is 61.7 Å². The largest absolute Gasteiger partial charge is 0.418 e. The Morgan fingerprint density at radius 2 is 1.68 bits per heavy atom. The highest BCUT2D eigenvalue weighted by atomic mass is 35.5. The molecule has 2 aromatic heterocycles. The number of hydrogen-bond donors (Lipinski definition) is 0. The maximum Gasteiger partial charge on any atom is 0.403 e. The zero-order valence-corrected chi connectivity index (χ0v) is 19.9. The van der Waals surface area contributed by atoms with Crippen LogP contribution in [-0.2, 0) is 11.8 Å². The van der Waals surface area contributed by atoms with Gasteiger partial charge in [0.2, 0.25) is 5.89 Å². The molecular formula is C23H16Cl3F3N4O. The number of alkyl halides is 3. The standard InChI is InChI=1S/C23H16Cl3F3N4O/c1-2-17-18(20-31-32-21(34-20)22(9-10-22)23(27,28)29)30-19(15-8-5-13(25)11-16(15)26)33(17)14-6-3-12(24)4-7-14/h3-8,11H,2,9-10H2,1H3. The van der Waals surface area contributed by atoms with Crippen LogP contribution in [0.25, 0.3) is 28.7 Å². The van der Waals surface area contributed by atoms with Gasteiger partial charge in [0.15, 0.2) is 0 Å². The Kier molecular flexibility index (Phi) is 5.66. The SMILES string of the molecule is CCc1c(-c2nnc(C3(C(F)(F)F)CC3)o2)nc(-c2ccc(Cl)cc2Cl)n1-c1ccc(Cl)cc1. The molecule has 0 spiro atoms. The Hall–Kier alpha value is -2.55. The van der Waals surface area contributed by atoms with Crippen LogP contribution in [-0.4, -0.2) is 25.9 Å². The number of aromatic nitrogens is 4. The second-order valence-corrected chi connectivity index (χ2v) is 9.29. The van der Waals surface area contributed by atoms with Gasteiger partial charge in [0.05, 0.1) is 10.7 Å². The minimum Gasteiger partial charge on any atom is -0.418 e. The van der Waals surface area contributed by atoms with Crippen molar-refractivity contribution >= 4 is 34.8 Å². The van der Waals surface area contributed by atoms with Gasteiger partial charge in [0.1, 0.15) is 16.9 Å². The summed E-state index contributed by atoms with van der Waals surface area (Å²) in [6.45, 7) is 1.90. The average molecular weight is 528 g/mol. The lowest BCUT2D eigenvalue weighted by molar-refractivity contribution is -0.165. The highest BCUT2D eigenvalue weighted by Gasteiger charge is 2.68. The number of benzene rings is 2. The summed E-state index contributed by atoms with van der Waals surface area (Å²) >= 11 is 18.6. The third kappa shape index (κ3) is 3.78. The van der Waals surface area contributed by atoms with Crippen LogP contribution in [0.15, 0.2) is 46.9 Å². The number of imidazole rings is 1. The Labute approximate surface area is 207 Å². The molecule has 1 saturated carbocycles. The van der Waals surface area contributed by atoms with Gasteiger partial charge in [0.25, 0.3) is 5.89 Å². The normalized spacial score (nSPS) is 15.0. The Morgan fingerprint density at radius 3 is 2.26 bits per heavy atom. The molecule has 1 aliphatic carbocycles. The summed E-state index contributed by atoms with van der Waals surface area (Å²) in [7, 11) is 0. The van der Waals surface area contributed by atoms with Gasteiger partial charge in [-0.25, -0.2) is 4.98 Å². The second-order valence-electron chi connectivity index (χ2n) is 8.01. The number of hydrogen-bond acceptors (Lipinski definition) is 4. The molecule has 2 aromatic carbocycles. The van der Waals surface area contributed by atoms with Gasteiger partial charge < -0.3 is 4.42 Å². The van der Waals surface area contributed by atoms with Crippen molar-refractivity contribution in [2.75, 3.05) is 0 Å². The zero-order valence-electron chi connectivity index (χ0n) is 17.6. The van der Waals surface area contributed by atoms with E-state index in [0.717, 1.165) is 5.69 Å². The van der Waals surface area contributed by atoms with E-state index in [1.165, 1.54) is 0 Å². The molecule has 0 saturated heterocycles. The van der Waals surface area contributed by atoms with Crippen molar-refractivity contribution in [3.8, 4) is 28.7 Å². The van der Waals surface area contributed by atoms with Crippen molar-refractivity contribution in [1.82, 2.24) is 19.7 Å². The molecule has 1 fully saturated rings. The van der Waals surface area contributed by atoms with Crippen LogP contribution in [0.5, 0.6) is 0 Å². The second kappa shape index (κ2) is 8.29. The third-order valence-corrected chi connectivity index (χ3v) is 6.69. The fraction of sp³-hybridized carbons (Fsp3) is 0.261. The first-order valence-electron chi connectivity index (χ1n) is 10.4. The van der Waals surface area contributed by atoms with E-state index < -0.39 is 17.5 Å². The Bertz CT molecular complexity index is 1380. The van der Waals surface area contributed by atoms with Gasteiger partial charge in [-0.1, -0.05) is 41.7 Å². The van der Waals surface area contributed by atoms with E-state index in [1.54, 1.807) is 30.3 Å². The molecule has 34 heavy (non-hydrogen) atoms. The van der Waals surface area contributed by atoms with Gasteiger partial charge in [0, 0.05) is 21.3 Å². The molecule has 4 aromatic rings.